The first-order chi connectivity index (χ1) is 17.6. The van der Waals surface area contributed by atoms with E-state index in [1.165, 1.54) is 15.8 Å². The zero-order valence-electron chi connectivity index (χ0n) is 20.6. The van der Waals surface area contributed by atoms with E-state index in [-0.39, 0.29) is 18.0 Å². The normalized spacial score (nSPS) is 14.2. The second-order valence-corrected chi connectivity index (χ2v) is 9.21. The van der Waals surface area contributed by atoms with Gasteiger partial charge in [-0.15, -0.1) is 0 Å². The average molecular weight is 482 g/mol. The van der Waals surface area contributed by atoms with Gasteiger partial charge in [0, 0.05) is 45.0 Å². The second-order valence-electron chi connectivity index (χ2n) is 9.21. The highest BCUT2D eigenvalue weighted by Crippen LogP contribution is 2.18. The van der Waals surface area contributed by atoms with Crippen LogP contribution in [-0.2, 0) is 24.4 Å². The van der Waals surface area contributed by atoms with E-state index >= 15 is 0 Å². The molecule has 2 heterocycles. The van der Waals surface area contributed by atoms with Crippen LogP contribution in [0.2, 0.25) is 0 Å². The van der Waals surface area contributed by atoms with Crippen LogP contribution in [0.5, 0.6) is 0 Å². The minimum absolute atomic E-state index is 0.0495. The van der Waals surface area contributed by atoms with E-state index in [0.717, 1.165) is 38.3 Å². The van der Waals surface area contributed by atoms with Gasteiger partial charge in [-0.3, -0.25) is 19.1 Å². The third-order valence-corrected chi connectivity index (χ3v) is 6.84. The van der Waals surface area contributed by atoms with Gasteiger partial charge < -0.3 is 10.2 Å². The predicted octanol–water partition coefficient (Wildman–Crippen LogP) is 3.34. The third-order valence-electron chi connectivity index (χ3n) is 6.84. The van der Waals surface area contributed by atoms with Crippen LogP contribution in [0.4, 0.5) is 5.69 Å². The molecule has 0 aliphatic carbocycles. The molecule has 1 N–H and O–H groups in total. The van der Waals surface area contributed by atoms with Crippen molar-refractivity contribution in [2.45, 2.75) is 26.6 Å². The number of benzene rings is 3. The summed E-state index contributed by atoms with van der Waals surface area (Å²) in [6.45, 7) is 6.96. The van der Waals surface area contributed by atoms with Crippen LogP contribution in [0.1, 0.15) is 17.0 Å². The molecule has 184 valence electrons. The quantitative estimate of drug-likeness (QED) is 0.439. The Labute approximate surface area is 211 Å². The van der Waals surface area contributed by atoms with Crippen LogP contribution in [0, 0.1) is 6.92 Å². The lowest BCUT2D eigenvalue weighted by Gasteiger charge is -2.36. The number of fused-ring (bicyclic) bond motifs is 1. The number of piperazine rings is 1. The Morgan fingerprint density at radius 3 is 2.31 bits per heavy atom. The molecule has 7 nitrogen and oxygen atoms in total. The molecule has 0 saturated carbocycles. The Hall–Kier alpha value is -3.97. The number of nitrogens with one attached hydrogen (secondary N) is 1. The summed E-state index contributed by atoms with van der Waals surface area (Å²) in [7, 11) is 0. The van der Waals surface area contributed by atoms with E-state index in [2.05, 4.69) is 56.5 Å². The first-order valence-electron chi connectivity index (χ1n) is 12.4. The summed E-state index contributed by atoms with van der Waals surface area (Å²) in [5.41, 5.74) is 4.04. The Bertz CT molecular complexity index is 1410. The first-order valence-corrected chi connectivity index (χ1v) is 12.4. The SMILES string of the molecule is Cc1nc2ccccc2c(=O)n1CC(=O)NCc1ccccc1CN1CCN(c2ccccc2)CC1. The van der Waals surface area contributed by atoms with Gasteiger partial charge in [-0.2, -0.15) is 0 Å². The molecule has 1 aliphatic rings. The molecule has 5 rings (SSSR count). The molecule has 1 aliphatic heterocycles. The fourth-order valence-corrected chi connectivity index (χ4v) is 4.79. The van der Waals surface area contributed by atoms with Crippen molar-refractivity contribution in [3.05, 3.63) is 106 Å². The van der Waals surface area contributed by atoms with Gasteiger partial charge in [0.1, 0.15) is 12.4 Å². The Balaban J connectivity index is 1.19. The molecule has 0 spiro atoms. The molecule has 1 fully saturated rings. The van der Waals surface area contributed by atoms with Crippen LogP contribution in [0.3, 0.4) is 0 Å². The van der Waals surface area contributed by atoms with Crippen molar-refractivity contribution in [2.75, 3.05) is 31.1 Å². The molecule has 36 heavy (non-hydrogen) atoms. The third kappa shape index (κ3) is 5.31. The maximum atomic E-state index is 12.9. The summed E-state index contributed by atoms with van der Waals surface area (Å²) in [5, 5.41) is 3.52. The zero-order valence-corrected chi connectivity index (χ0v) is 20.6. The summed E-state index contributed by atoms with van der Waals surface area (Å²) in [6, 6.07) is 26.0. The predicted molar refractivity (Wildman–Crippen MR) is 143 cm³/mol. The molecular formula is C29H31N5O2. The molecule has 4 aromatic rings. The molecule has 1 amide bonds. The van der Waals surface area contributed by atoms with Crippen LogP contribution in [0.15, 0.2) is 83.7 Å². The van der Waals surface area contributed by atoms with E-state index in [4.69, 9.17) is 0 Å². The minimum atomic E-state index is -0.205. The summed E-state index contributed by atoms with van der Waals surface area (Å²) in [5.74, 6) is 0.326. The van der Waals surface area contributed by atoms with E-state index in [1.807, 2.05) is 36.4 Å². The van der Waals surface area contributed by atoms with E-state index in [1.54, 1.807) is 13.0 Å². The lowest BCUT2D eigenvalue weighted by atomic mass is 10.1. The molecule has 0 unspecified atom stereocenters. The highest BCUT2D eigenvalue weighted by molar-refractivity contribution is 5.79. The number of anilines is 1. The summed E-state index contributed by atoms with van der Waals surface area (Å²) < 4.78 is 1.44. The number of carbonyl (C=O) groups is 1. The van der Waals surface area contributed by atoms with E-state index in [0.29, 0.717) is 23.3 Å². The number of rotatable bonds is 7. The van der Waals surface area contributed by atoms with Crippen molar-refractivity contribution >= 4 is 22.5 Å². The largest absolute Gasteiger partial charge is 0.369 e. The molecule has 1 aromatic heterocycles. The van der Waals surface area contributed by atoms with Gasteiger partial charge in [0.2, 0.25) is 5.91 Å². The zero-order chi connectivity index (χ0) is 24.9. The number of amides is 1. The number of aromatic nitrogens is 2. The Kier molecular flexibility index (Phi) is 7.09. The first kappa shape index (κ1) is 23.8. The van der Waals surface area contributed by atoms with Gasteiger partial charge in [-0.25, -0.2) is 4.98 Å². The summed E-state index contributed by atoms with van der Waals surface area (Å²) in [4.78, 5) is 35.0. The molecule has 1 saturated heterocycles. The average Bonchev–Trinajstić information content (AvgIpc) is 2.91. The smallest absolute Gasteiger partial charge is 0.261 e. The number of hydrogen-bond acceptors (Lipinski definition) is 5. The van der Waals surface area contributed by atoms with Crippen molar-refractivity contribution in [3.8, 4) is 0 Å². The molecule has 7 heteroatoms. The fourth-order valence-electron chi connectivity index (χ4n) is 4.79. The fraction of sp³-hybridized carbons (Fsp3) is 0.276. The van der Waals surface area contributed by atoms with Crippen LogP contribution in [-0.4, -0.2) is 46.5 Å². The van der Waals surface area contributed by atoms with Crippen molar-refractivity contribution in [3.63, 3.8) is 0 Å². The van der Waals surface area contributed by atoms with Gasteiger partial charge in [-0.1, -0.05) is 54.6 Å². The Morgan fingerprint density at radius 2 is 1.53 bits per heavy atom. The number of nitrogens with zero attached hydrogens (tertiary/aromatic N) is 4. The van der Waals surface area contributed by atoms with Gasteiger partial charge in [0.25, 0.3) is 5.56 Å². The van der Waals surface area contributed by atoms with Crippen LogP contribution < -0.4 is 15.8 Å². The molecule has 3 aromatic carbocycles. The monoisotopic (exact) mass is 481 g/mol. The highest BCUT2D eigenvalue weighted by atomic mass is 16.2. The molecule has 0 bridgehead atoms. The van der Waals surface area contributed by atoms with Crippen molar-refractivity contribution in [1.82, 2.24) is 19.8 Å². The molecular weight excluding hydrogens is 450 g/mol. The second kappa shape index (κ2) is 10.7. The van der Waals surface area contributed by atoms with Gasteiger partial charge in [0.05, 0.1) is 10.9 Å². The minimum Gasteiger partial charge on any atom is -0.369 e. The number of carbonyl (C=O) groups excluding carboxylic acids is 1. The maximum absolute atomic E-state index is 12.9. The standard InChI is InChI=1S/C29H31N5O2/c1-22-31-27-14-8-7-13-26(27)29(36)34(22)21-28(35)30-19-23-9-5-6-10-24(23)20-32-15-17-33(18-16-32)25-11-3-2-4-12-25/h2-14H,15-21H2,1H3,(H,30,35). The van der Waals surface area contributed by atoms with Gasteiger partial charge >= 0.3 is 0 Å². The van der Waals surface area contributed by atoms with Crippen molar-refractivity contribution < 1.29 is 4.79 Å². The van der Waals surface area contributed by atoms with E-state index in [9.17, 15) is 9.59 Å². The van der Waals surface area contributed by atoms with Crippen LogP contribution >= 0.6 is 0 Å². The lowest BCUT2D eigenvalue weighted by Crippen LogP contribution is -2.46. The maximum Gasteiger partial charge on any atom is 0.261 e. The topological polar surface area (TPSA) is 70.5 Å². The van der Waals surface area contributed by atoms with Gasteiger partial charge in [0.15, 0.2) is 0 Å². The lowest BCUT2D eigenvalue weighted by molar-refractivity contribution is -0.121. The van der Waals surface area contributed by atoms with Crippen molar-refractivity contribution in [2.24, 2.45) is 0 Å². The highest BCUT2D eigenvalue weighted by Gasteiger charge is 2.18. The number of hydrogen-bond donors (Lipinski definition) is 1. The van der Waals surface area contributed by atoms with Gasteiger partial charge in [-0.05, 0) is 42.3 Å². The molecule has 0 radical (unpaired) electrons. The number of para-hydroxylation sites is 2. The number of aryl methyl sites for hydroxylation is 1. The molecule has 0 atom stereocenters. The van der Waals surface area contributed by atoms with Crippen LogP contribution in [0.25, 0.3) is 10.9 Å². The van der Waals surface area contributed by atoms with E-state index < -0.39 is 0 Å². The Morgan fingerprint density at radius 1 is 0.861 bits per heavy atom. The summed E-state index contributed by atoms with van der Waals surface area (Å²) >= 11 is 0. The summed E-state index contributed by atoms with van der Waals surface area (Å²) in [6.07, 6.45) is 0. The van der Waals surface area contributed by atoms with Crippen molar-refractivity contribution in [1.29, 1.82) is 0 Å².